The molecule has 4 heterocycles. The summed E-state index contributed by atoms with van der Waals surface area (Å²) in [6.07, 6.45) is 6.66. The van der Waals surface area contributed by atoms with Crippen molar-refractivity contribution >= 4 is 22.8 Å². The number of furan rings is 1. The Labute approximate surface area is 196 Å². The van der Waals surface area contributed by atoms with Gasteiger partial charge in [0.1, 0.15) is 12.1 Å². The molecule has 0 saturated carbocycles. The largest absolute Gasteiger partial charge is 0.451 e. The number of carbonyl (C=O) groups excluding carboxylic acids is 2. The normalized spacial score (nSPS) is 16.7. The third-order valence-corrected chi connectivity index (χ3v) is 5.82. The van der Waals surface area contributed by atoms with Crippen LogP contribution in [0, 0.1) is 0 Å². The van der Waals surface area contributed by atoms with E-state index in [1.54, 1.807) is 34.2 Å². The lowest BCUT2D eigenvalue weighted by Gasteiger charge is -2.24. The van der Waals surface area contributed by atoms with Gasteiger partial charge in [0.25, 0.3) is 5.91 Å². The quantitative estimate of drug-likeness (QED) is 0.440. The summed E-state index contributed by atoms with van der Waals surface area (Å²) in [5, 5.41) is 5.04. The Morgan fingerprint density at radius 3 is 2.74 bits per heavy atom. The van der Waals surface area contributed by atoms with E-state index in [-0.39, 0.29) is 36.8 Å². The molecule has 0 N–H and O–H groups in total. The Morgan fingerprint density at radius 2 is 1.97 bits per heavy atom. The van der Waals surface area contributed by atoms with E-state index in [0.717, 1.165) is 16.5 Å². The molecule has 0 aliphatic carbocycles. The van der Waals surface area contributed by atoms with Crippen LogP contribution in [0.4, 0.5) is 0 Å². The van der Waals surface area contributed by atoms with Crippen LogP contribution in [0.5, 0.6) is 0 Å². The predicted molar refractivity (Wildman–Crippen MR) is 124 cm³/mol. The summed E-state index contributed by atoms with van der Waals surface area (Å²) in [5.41, 5.74) is 2.52. The standard InChI is InChI=1S/C25H25N5O4/c1-28-12-19(11-27-28)13-29-14-21(33-17-18-6-8-26-9-7-18)15-30(16-24(29)31)25(32)23-10-20-4-2-3-5-22(20)34-23/h2-12,21H,13-17H2,1H3/t21-/m0/s1. The summed E-state index contributed by atoms with van der Waals surface area (Å²) in [7, 11) is 1.84. The van der Waals surface area contributed by atoms with E-state index >= 15 is 0 Å². The molecule has 1 aliphatic rings. The minimum Gasteiger partial charge on any atom is -0.451 e. The number of aromatic nitrogens is 3. The molecule has 1 saturated heterocycles. The van der Waals surface area contributed by atoms with Crippen molar-refractivity contribution in [2.45, 2.75) is 19.3 Å². The SMILES string of the molecule is Cn1cc(CN2C[C@H](OCc3ccncc3)CN(C(=O)c3cc4ccccc4o3)CC2=O)cn1. The van der Waals surface area contributed by atoms with Crippen LogP contribution < -0.4 is 0 Å². The van der Waals surface area contributed by atoms with E-state index in [1.165, 1.54) is 4.90 Å². The third kappa shape index (κ3) is 4.84. The van der Waals surface area contributed by atoms with Gasteiger partial charge >= 0.3 is 0 Å². The summed E-state index contributed by atoms with van der Waals surface area (Å²) >= 11 is 0. The smallest absolute Gasteiger partial charge is 0.290 e. The number of ether oxygens (including phenoxy) is 1. The number of hydrogen-bond acceptors (Lipinski definition) is 6. The number of benzene rings is 1. The first-order valence-corrected chi connectivity index (χ1v) is 11.1. The van der Waals surface area contributed by atoms with E-state index in [4.69, 9.17) is 9.15 Å². The van der Waals surface area contributed by atoms with Crippen LogP contribution in [0.15, 0.2) is 71.7 Å². The molecule has 3 aromatic heterocycles. The summed E-state index contributed by atoms with van der Waals surface area (Å²) in [6.45, 7) is 1.34. The fourth-order valence-corrected chi connectivity index (χ4v) is 4.10. The third-order valence-electron chi connectivity index (χ3n) is 5.82. The van der Waals surface area contributed by atoms with E-state index in [0.29, 0.717) is 25.3 Å². The number of fused-ring (bicyclic) bond motifs is 1. The number of amides is 2. The summed E-state index contributed by atoms with van der Waals surface area (Å²) < 4.78 is 13.7. The maximum absolute atomic E-state index is 13.3. The van der Waals surface area contributed by atoms with Gasteiger partial charge in [-0.25, -0.2) is 0 Å². The van der Waals surface area contributed by atoms with Gasteiger partial charge in [-0.05, 0) is 29.8 Å². The second-order valence-electron chi connectivity index (χ2n) is 8.42. The molecule has 1 atom stereocenters. The van der Waals surface area contributed by atoms with E-state index in [1.807, 2.05) is 49.6 Å². The maximum Gasteiger partial charge on any atom is 0.290 e. The van der Waals surface area contributed by atoms with Crippen LogP contribution in [0.1, 0.15) is 21.7 Å². The first-order valence-electron chi connectivity index (χ1n) is 11.1. The van der Waals surface area contributed by atoms with Gasteiger partial charge in [0.2, 0.25) is 5.91 Å². The number of aryl methyl sites for hydroxylation is 1. The zero-order chi connectivity index (χ0) is 23.5. The fraction of sp³-hybridized carbons (Fsp3) is 0.280. The van der Waals surface area contributed by atoms with Crippen LogP contribution in [0.3, 0.4) is 0 Å². The van der Waals surface area contributed by atoms with E-state index in [2.05, 4.69) is 10.1 Å². The molecule has 9 nitrogen and oxygen atoms in total. The molecule has 0 unspecified atom stereocenters. The Morgan fingerprint density at radius 1 is 1.15 bits per heavy atom. The lowest BCUT2D eigenvalue weighted by Crippen LogP contribution is -2.39. The van der Waals surface area contributed by atoms with Gasteiger partial charge in [0.05, 0.1) is 18.9 Å². The first-order chi connectivity index (χ1) is 16.5. The Bertz CT molecular complexity index is 1270. The van der Waals surface area contributed by atoms with E-state index < -0.39 is 0 Å². The molecule has 1 aliphatic heterocycles. The van der Waals surface area contributed by atoms with Crippen molar-refractivity contribution in [1.29, 1.82) is 0 Å². The Hall–Kier alpha value is -3.98. The highest BCUT2D eigenvalue weighted by Gasteiger charge is 2.32. The average Bonchev–Trinajstić information content (AvgIpc) is 3.43. The number of hydrogen-bond donors (Lipinski definition) is 0. The minimum atomic E-state index is -0.371. The van der Waals surface area contributed by atoms with Crippen molar-refractivity contribution < 1.29 is 18.7 Å². The van der Waals surface area contributed by atoms with Crippen LogP contribution in [-0.2, 0) is 29.7 Å². The molecule has 2 amide bonds. The first kappa shape index (κ1) is 21.8. The van der Waals surface area contributed by atoms with E-state index in [9.17, 15) is 9.59 Å². The van der Waals surface area contributed by atoms with Gasteiger partial charge in [-0.1, -0.05) is 18.2 Å². The molecule has 34 heavy (non-hydrogen) atoms. The molecule has 1 aromatic carbocycles. The zero-order valence-electron chi connectivity index (χ0n) is 18.8. The number of rotatable bonds is 6. The summed E-state index contributed by atoms with van der Waals surface area (Å²) in [4.78, 5) is 33.8. The molecular formula is C25H25N5O4. The highest BCUT2D eigenvalue weighted by atomic mass is 16.5. The van der Waals surface area contributed by atoms with Crippen molar-refractivity contribution in [1.82, 2.24) is 24.6 Å². The zero-order valence-corrected chi connectivity index (χ0v) is 18.8. The summed E-state index contributed by atoms with van der Waals surface area (Å²) in [6, 6.07) is 12.9. The molecule has 5 rings (SSSR count). The van der Waals surface area contributed by atoms with Crippen molar-refractivity contribution in [3.05, 3.63) is 84.1 Å². The second-order valence-corrected chi connectivity index (χ2v) is 8.42. The van der Waals surface area contributed by atoms with Crippen molar-refractivity contribution in [2.75, 3.05) is 19.6 Å². The molecule has 0 radical (unpaired) electrons. The van der Waals surface area contributed by atoms with Crippen LogP contribution in [0.25, 0.3) is 11.0 Å². The van der Waals surface area contributed by atoms with Gasteiger partial charge in [-0.15, -0.1) is 0 Å². The van der Waals surface area contributed by atoms with Gasteiger partial charge in [0.15, 0.2) is 5.76 Å². The lowest BCUT2D eigenvalue weighted by atomic mass is 10.2. The van der Waals surface area contributed by atoms with Crippen LogP contribution in [0.2, 0.25) is 0 Å². The number of pyridine rings is 1. The number of nitrogens with zero attached hydrogens (tertiary/aromatic N) is 5. The fourth-order valence-electron chi connectivity index (χ4n) is 4.10. The second kappa shape index (κ2) is 9.48. The minimum absolute atomic E-state index is 0.0503. The summed E-state index contributed by atoms with van der Waals surface area (Å²) in [5.74, 6) is -0.267. The molecule has 1 fully saturated rings. The monoisotopic (exact) mass is 459 g/mol. The van der Waals surface area contributed by atoms with Crippen LogP contribution >= 0.6 is 0 Å². The Kier molecular flexibility index (Phi) is 6.09. The Balaban J connectivity index is 1.37. The highest BCUT2D eigenvalue weighted by molar-refractivity contribution is 5.98. The highest BCUT2D eigenvalue weighted by Crippen LogP contribution is 2.22. The van der Waals surface area contributed by atoms with Gasteiger partial charge < -0.3 is 19.0 Å². The van der Waals surface area contributed by atoms with Gasteiger partial charge in [0, 0.05) is 56.2 Å². The van der Waals surface area contributed by atoms with Gasteiger partial charge in [-0.3, -0.25) is 19.3 Å². The maximum atomic E-state index is 13.3. The van der Waals surface area contributed by atoms with Crippen molar-refractivity contribution in [3.63, 3.8) is 0 Å². The molecule has 4 aromatic rings. The predicted octanol–water partition coefficient (Wildman–Crippen LogP) is 2.63. The van der Waals surface area contributed by atoms with Crippen LogP contribution in [-0.4, -0.2) is 62.1 Å². The average molecular weight is 460 g/mol. The molecule has 174 valence electrons. The topological polar surface area (TPSA) is 93.7 Å². The van der Waals surface area contributed by atoms with Gasteiger partial charge in [-0.2, -0.15) is 5.10 Å². The lowest BCUT2D eigenvalue weighted by molar-refractivity contribution is -0.132. The molecule has 9 heteroatoms. The molecular weight excluding hydrogens is 434 g/mol. The molecule has 0 bridgehead atoms. The number of para-hydroxylation sites is 1. The number of carbonyl (C=O) groups is 2. The molecule has 0 spiro atoms. The van der Waals surface area contributed by atoms with Crippen molar-refractivity contribution in [2.24, 2.45) is 7.05 Å². The van der Waals surface area contributed by atoms with Crippen molar-refractivity contribution in [3.8, 4) is 0 Å².